The zero-order valence-corrected chi connectivity index (χ0v) is 23.0. The van der Waals surface area contributed by atoms with Gasteiger partial charge in [-0.1, -0.05) is 31.2 Å². The minimum absolute atomic E-state index is 0.139. The van der Waals surface area contributed by atoms with Crippen molar-refractivity contribution in [2.75, 3.05) is 32.5 Å². The number of rotatable bonds is 12. The molecule has 1 aromatic heterocycles. The number of nitrogens with one attached hydrogen (secondary N) is 2. The number of hydrogen-bond acceptors (Lipinski definition) is 9. The van der Waals surface area contributed by atoms with Crippen molar-refractivity contribution >= 4 is 34.4 Å². The first-order valence-corrected chi connectivity index (χ1v) is 13.6. The molecule has 1 saturated heterocycles. The topological polar surface area (TPSA) is 136 Å². The molecule has 0 radical (unpaired) electrons. The van der Waals surface area contributed by atoms with Crippen LogP contribution in [0.5, 0.6) is 5.75 Å². The van der Waals surface area contributed by atoms with E-state index in [0.717, 1.165) is 34.9 Å². The van der Waals surface area contributed by atoms with Crippen LogP contribution >= 0.6 is 0 Å². The second-order valence-corrected chi connectivity index (χ2v) is 9.94. The largest absolute Gasteiger partial charge is 0.497 e. The average Bonchev–Trinajstić information content (AvgIpc) is 3.42. The Bertz CT molecular complexity index is 1330. The van der Waals surface area contributed by atoms with E-state index in [1.54, 1.807) is 25.4 Å². The van der Waals surface area contributed by atoms with Crippen molar-refractivity contribution in [2.24, 2.45) is 0 Å². The third kappa shape index (κ3) is 7.55. The Morgan fingerprint density at radius 3 is 2.65 bits per heavy atom. The van der Waals surface area contributed by atoms with Gasteiger partial charge in [0.05, 0.1) is 32.3 Å². The molecule has 40 heavy (non-hydrogen) atoms. The van der Waals surface area contributed by atoms with Gasteiger partial charge >= 0.3 is 5.97 Å². The molecule has 0 aliphatic carbocycles. The van der Waals surface area contributed by atoms with Crippen molar-refractivity contribution < 1.29 is 23.9 Å². The molecule has 2 heterocycles. The van der Waals surface area contributed by atoms with E-state index >= 15 is 0 Å². The lowest BCUT2D eigenvalue weighted by Crippen LogP contribution is -2.52. The predicted octanol–water partition coefficient (Wildman–Crippen LogP) is 2.59. The lowest BCUT2D eigenvalue weighted by atomic mass is 10.0. The lowest BCUT2D eigenvalue weighted by molar-refractivity contribution is -0.142. The number of carbonyl (C=O) groups excluding carboxylic acids is 3. The van der Waals surface area contributed by atoms with Crippen LogP contribution in [-0.4, -0.2) is 66.6 Å². The Balaban J connectivity index is 1.41. The summed E-state index contributed by atoms with van der Waals surface area (Å²) in [7, 11) is 1.58. The summed E-state index contributed by atoms with van der Waals surface area (Å²) in [5.41, 5.74) is 7.89. The minimum Gasteiger partial charge on any atom is -0.497 e. The number of ether oxygens (including phenoxy) is 2. The number of methoxy groups -OCH3 is 1. The van der Waals surface area contributed by atoms with E-state index < -0.39 is 24.0 Å². The normalized spacial score (nSPS) is 16.0. The van der Waals surface area contributed by atoms with Crippen LogP contribution < -0.4 is 21.1 Å². The Morgan fingerprint density at radius 2 is 1.90 bits per heavy atom. The van der Waals surface area contributed by atoms with Crippen LogP contribution in [0.4, 0.5) is 5.82 Å². The number of amides is 2. The van der Waals surface area contributed by atoms with Gasteiger partial charge in [0.25, 0.3) is 0 Å². The zero-order valence-electron chi connectivity index (χ0n) is 23.0. The molecule has 0 bridgehead atoms. The minimum atomic E-state index is -0.805. The third-order valence-electron chi connectivity index (χ3n) is 7.03. The van der Waals surface area contributed by atoms with E-state index in [1.165, 1.54) is 0 Å². The number of carbonyl (C=O) groups is 3. The van der Waals surface area contributed by atoms with E-state index in [0.29, 0.717) is 37.6 Å². The van der Waals surface area contributed by atoms with E-state index in [4.69, 9.17) is 15.2 Å². The number of benzene rings is 2. The van der Waals surface area contributed by atoms with Gasteiger partial charge in [0.1, 0.15) is 11.6 Å². The molecule has 3 aromatic rings. The van der Waals surface area contributed by atoms with Crippen LogP contribution in [-0.2, 0) is 32.1 Å². The van der Waals surface area contributed by atoms with Gasteiger partial charge in [-0.15, -0.1) is 0 Å². The predicted molar refractivity (Wildman–Crippen MR) is 152 cm³/mol. The molecule has 1 fully saturated rings. The Kier molecular flexibility index (Phi) is 10.0. The van der Waals surface area contributed by atoms with E-state index in [9.17, 15) is 14.4 Å². The van der Waals surface area contributed by atoms with E-state index in [2.05, 4.69) is 26.6 Å². The van der Waals surface area contributed by atoms with Gasteiger partial charge in [-0.05, 0) is 73.0 Å². The summed E-state index contributed by atoms with van der Waals surface area (Å²) in [6, 6.07) is 14.0. The second-order valence-electron chi connectivity index (χ2n) is 9.94. The van der Waals surface area contributed by atoms with Crippen molar-refractivity contribution in [2.45, 2.75) is 51.2 Å². The first-order chi connectivity index (χ1) is 19.4. The van der Waals surface area contributed by atoms with Gasteiger partial charge in [-0.25, -0.2) is 4.98 Å². The highest BCUT2D eigenvalue weighted by Gasteiger charge is 2.33. The summed E-state index contributed by atoms with van der Waals surface area (Å²) < 4.78 is 10.3. The first kappa shape index (κ1) is 29.0. The van der Waals surface area contributed by atoms with Crippen molar-refractivity contribution in [1.82, 2.24) is 20.5 Å². The summed E-state index contributed by atoms with van der Waals surface area (Å²) in [6.45, 7) is 3.40. The van der Waals surface area contributed by atoms with Crippen LogP contribution in [0.15, 0.2) is 54.7 Å². The fraction of sp³-hybridized carbons (Fsp3) is 0.400. The molecule has 212 valence electrons. The highest BCUT2D eigenvalue weighted by molar-refractivity contribution is 6.00. The van der Waals surface area contributed by atoms with Gasteiger partial charge in [-0.2, -0.15) is 0 Å². The molecule has 2 atom stereocenters. The van der Waals surface area contributed by atoms with Crippen LogP contribution in [0, 0.1) is 0 Å². The lowest BCUT2D eigenvalue weighted by Gasteiger charge is -2.25. The highest BCUT2D eigenvalue weighted by atomic mass is 16.5. The van der Waals surface area contributed by atoms with Crippen molar-refractivity contribution in [3.8, 4) is 5.75 Å². The standard InChI is InChI=1S/C30H37N5O5/c1-3-15-40-27(36)18-33-25(17-20-6-9-23(39-2)10-7-20)29(37)34-30(38)26-5-4-14-35(26)19-21-8-11-24-22(16-21)12-13-32-28(24)31/h6-13,16,25-26,33H,3-5,14-15,17-19H2,1-2H3,(H2,31,32)(H,34,37,38)/t25-,26+/m1/s1. The number of imide groups is 1. The molecule has 0 saturated carbocycles. The smallest absolute Gasteiger partial charge is 0.319 e. The molecule has 10 heteroatoms. The number of nitrogens with two attached hydrogens (primary N) is 1. The number of anilines is 1. The van der Waals surface area contributed by atoms with Crippen LogP contribution in [0.25, 0.3) is 10.8 Å². The van der Waals surface area contributed by atoms with E-state index in [-0.39, 0.29) is 18.9 Å². The number of fused-ring (bicyclic) bond motifs is 1. The number of nitrogen functional groups attached to an aromatic ring is 1. The summed E-state index contributed by atoms with van der Waals surface area (Å²) in [5.74, 6) is -0.0895. The van der Waals surface area contributed by atoms with E-state index in [1.807, 2.05) is 37.3 Å². The Morgan fingerprint density at radius 1 is 1.12 bits per heavy atom. The molecule has 2 amide bonds. The van der Waals surface area contributed by atoms with Crippen molar-refractivity contribution in [3.63, 3.8) is 0 Å². The number of aromatic nitrogens is 1. The molecular formula is C30H37N5O5. The molecule has 10 nitrogen and oxygen atoms in total. The van der Waals surface area contributed by atoms with Crippen LogP contribution in [0.3, 0.4) is 0 Å². The first-order valence-electron chi connectivity index (χ1n) is 13.6. The highest BCUT2D eigenvalue weighted by Crippen LogP contribution is 2.24. The van der Waals surface area contributed by atoms with Crippen molar-refractivity contribution in [3.05, 3.63) is 65.9 Å². The van der Waals surface area contributed by atoms with Gasteiger partial charge in [0, 0.05) is 18.1 Å². The van der Waals surface area contributed by atoms with Gasteiger partial charge in [-0.3, -0.25) is 29.9 Å². The number of esters is 1. The molecule has 2 aromatic carbocycles. The molecule has 4 rings (SSSR count). The molecule has 1 aliphatic heterocycles. The molecule has 4 N–H and O–H groups in total. The summed E-state index contributed by atoms with van der Waals surface area (Å²) in [4.78, 5) is 44.9. The Labute approximate surface area is 234 Å². The van der Waals surface area contributed by atoms with Gasteiger partial charge in [0.2, 0.25) is 11.8 Å². The number of hydrogen-bond donors (Lipinski definition) is 3. The maximum Gasteiger partial charge on any atom is 0.319 e. The molecule has 0 spiro atoms. The van der Waals surface area contributed by atoms with Crippen molar-refractivity contribution in [1.29, 1.82) is 0 Å². The fourth-order valence-electron chi connectivity index (χ4n) is 4.92. The monoisotopic (exact) mass is 547 g/mol. The SMILES string of the molecule is CCCOC(=O)CN[C@H](Cc1ccc(OC)cc1)C(=O)NC(=O)[C@@H]1CCCN1Cc1ccc2c(N)nccc2c1. The van der Waals surface area contributed by atoms with Crippen LogP contribution in [0.1, 0.15) is 37.3 Å². The molecular weight excluding hydrogens is 510 g/mol. The molecule has 0 unspecified atom stereocenters. The maximum atomic E-state index is 13.3. The fourth-order valence-corrected chi connectivity index (χ4v) is 4.92. The quantitative estimate of drug-likeness (QED) is 0.292. The van der Waals surface area contributed by atoms with Crippen LogP contribution in [0.2, 0.25) is 0 Å². The summed E-state index contributed by atoms with van der Waals surface area (Å²) in [5, 5.41) is 7.46. The zero-order chi connectivity index (χ0) is 28.5. The van der Waals surface area contributed by atoms with Gasteiger partial charge in [0.15, 0.2) is 0 Å². The third-order valence-corrected chi connectivity index (χ3v) is 7.03. The second kappa shape index (κ2) is 13.9. The maximum absolute atomic E-state index is 13.3. The average molecular weight is 548 g/mol. The summed E-state index contributed by atoms with van der Waals surface area (Å²) in [6.07, 6.45) is 4.18. The summed E-state index contributed by atoms with van der Waals surface area (Å²) >= 11 is 0. The number of pyridine rings is 1. The Hall–Kier alpha value is -4.02. The number of likely N-dealkylation sites (tertiary alicyclic amines) is 1. The number of nitrogens with zero attached hydrogens (tertiary/aromatic N) is 2. The molecule has 1 aliphatic rings. The van der Waals surface area contributed by atoms with Gasteiger partial charge < -0.3 is 15.2 Å².